The number of aromatic nitrogens is 4. The molecule has 3 fully saturated rings. The molecule has 1 unspecified atom stereocenters. The van der Waals surface area contributed by atoms with Crippen LogP contribution in [0.1, 0.15) is 32.1 Å². The summed E-state index contributed by atoms with van der Waals surface area (Å²) in [6.07, 6.45) is 2.37. The van der Waals surface area contributed by atoms with Crippen molar-refractivity contribution < 1.29 is 18.9 Å². The summed E-state index contributed by atoms with van der Waals surface area (Å²) in [5.41, 5.74) is 2.05. The second-order valence-electron chi connectivity index (χ2n) is 9.01. The van der Waals surface area contributed by atoms with E-state index in [0.717, 1.165) is 18.6 Å². The Labute approximate surface area is 201 Å². The van der Waals surface area contributed by atoms with Crippen molar-refractivity contribution in [2.75, 3.05) is 18.5 Å². The van der Waals surface area contributed by atoms with Crippen LogP contribution in [0.4, 0.5) is 5.82 Å². The zero-order chi connectivity index (χ0) is 23.3. The molecule has 0 saturated carbocycles. The van der Waals surface area contributed by atoms with Crippen molar-refractivity contribution in [1.82, 2.24) is 19.5 Å². The van der Waals surface area contributed by atoms with Crippen molar-refractivity contribution in [2.45, 2.75) is 56.6 Å². The lowest BCUT2D eigenvalue weighted by Crippen LogP contribution is -2.28. The van der Waals surface area contributed by atoms with E-state index in [1.165, 1.54) is 6.33 Å². The van der Waals surface area contributed by atoms with Gasteiger partial charge >= 0.3 is 0 Å². The van der Waals surface area contributed by atoms with Gasteiger partial charge in [-0.05, 0) is 32.4 Å². The molecule has 3 aromatic rings. The van der Waals surface area contributed by atoms with Crippen LogP contribution in [0.2, 0.25) is 5.02 Å². The minimum Gasteiger partial charge on any atom is -0.379 e. The third kappa shape index (κ3) is 3.91. The minimum absolute atomic E-state index is 0.201. The lowest BCUT2D eigenvalue weighted by molar-refractivity contribution is -0.190. The third-order valence-electron chi connectivity index (χ3n) is 6.16. The van der Waals surface area contributed by atoms with Crippen LogP contribution in [0, 0.1) is 11.8 Å². The first-order valence-electron chi connectivity index (χ1n) is 11.3. The Bertz CT molecular complexity index is 1280. The number of hydrogen-bond donors (Lipinski definition) is 1. The second kappa shape index (κ2) is 8.48. The molecule has 1 aromatic carbocycles. The topological polar surface area (TPSA) is 92.6 Å². The number of rotatable bonds is 3. The fourth-order valence-electron chi connectivity index (χ4n) is 4.61. The first-order valence-corrected chi connectivity index (χ1v) is 11.7. The van der Waals surface area contributed by atoms with Crippen LogP contribution in [0.15, 0.2) is 36.9 Å². The van der Waals surface area contributed by atoms with Gasteiger partial charge < -0.3 is 24.3 Å². The molecule has 3 aliphatic heterocycles. The zero-order valence-corrected chi connectivity index (χ0v) is 19.5. The number of imidazole rings is 1. The van der Waals surface area contributed by atoms with E-state index in [-0.39, 0.29) is 18.2 Å². The quantitative estimate of drug-likeness (QED) is 0.570. The van der Waals surface area contributed by atoms with E-state index in [9.17, 15) is 0 Å². The maximum absolute atomic E-state index is 6.36. The Morgan fingerprint density at radius 3 is 2.82 bits per heavy atom. The van der Waals surface area contributed by atoms with Crippen molar-refractivity contribution in [1.29, 1.82) is 0 Å². The van der Waals surface area contributed by atoms with Crippen LogP contribution in [0.3, 0.4) is 0 Å². The lowest BCUT2D eigenvalue weighted by Gasteiger charge is -2.23. The number of halogens is 1. The van der Waals surface area contributed by atoms with E-state index in [2.05, 4.69) is 32.1 Å². The highest BCUT2D eigenvalue weighted by atomic mass is 35.5. The Morgan fingerprint density at radius 1 is 1.15 bits per heavy atom. The van der Waals surface area contributed by atoms with E-state index in [4.69, 9.17) is 30.5 Å². The van der Waals surface area contributed by atoms with Crippen molar-refractivity contribution in [2.24, 2.45) is 0 Å². The molecule has 10 heteroatoms. The van der Waals surface area contributed by atoms with Crippen molar-refractivity contribution in [3.63, 3.8) is 0 Å². The third-order valence-corrected chi connectivity index (χ3v) is 6.49. The number of hydrogen-bond acceptors (Lipinski definition) is 8. The summed E-state index contributed by atoms with van der Waals surface area (Å²) in [7, 11) is 0. The average Bonchev–Trinajstić information content (AvgIpc) is 3.58. The van der Waals surface area contributed by atoms with Gasteiger partial charge in [0.1, 0.15) is 24.6 Å². The van der Waals surface area contributed by atoms with Crippen LogP contribution in [0.5, 0.6) is 0 Å². The van der Waals surface area contributed by atoms with Gasteiger partial charge in [-0.1, -0.05) is 35.6 Å². The van der Waals surface area contributed by atoms with Crippen LogP contribution in [-0.4, -0.2) is 62.9 Å². The van der Waals surface area contributed by atoms with Gasteiger partial charge in [-0.2, -0.15) is 0 Å². The van der Waals surface area contributed by atoms with E-state index >= 15 is 0 Å². The molecular weight excluding hydrogens is 458 g/mol. The molecular formula is C24H24ClN5O4. The van der Waals surface area contributed by atoms with Crippen molar-refractivity contribution in [3.05, 3.63) is 47.5 Å². The Morgan fingerprint density at radius 2 is 2.00 bits per heavy atom. The van der Waals surface area contributed by atoms with E-state index < -0.39 is 18.1 Å². The summed E-state index contributed by atoms with van der Waals surface area (Å²) in [5.74, 6) is 6.24. The number of ether oxygens (including phenoxy) is 4. The largest absolute Gasteiger partial charge is 0.379 e. The maximum atomic E-state index is 6.36. The predicted molar refractivity (Wildman–Crippen MR) is 124 cm³/mol. The molecule has 176 valence electrons. The molecule has 0 radical (unpaired) electrons. The number of nitrogens with zero attached hydrogens (tertiary/aromatic N) is 4. The highest BCUT2D eigenvalue weighted by Gasteiger charge is 2.56. The summed E-state index contributed by atoms with van der Waals surface area (Å²) < 4.78 is 26.1. The van der Waals surface area contributed by atoms with Crippen LogP contribution < -0.4 is 5.32 Å². The van der Waals surface area contributed by atoms with Crippen LogP contribution in [-0.2, 0) is 18.9 Å². The highest BCUT2D eigenvalue weighted by molar-refractivity contribution is 6.31. The van der Waals surface area contributed by atoms with Gasteiger partial charge in [0, 0.05) is 12.2 Å². The van der Waals surface area contributed by atoms with Gasteiger partial charge in [0.15, 0.2) is 29.0 Å². The molecule has 5 atom stereocenters. The molecule has 0 bridgehead atoms. The molecule has 3 aliphatic rings. The molecule has 5 heterocycles. The molecule has 2 aromatic heterocycles. The van der Waals surface area contributed by atoms with E-state index in [1.54, 1.807) is 6.33 Å². The fourth-order valence-corrected chi connectivity index (χ4v) is 4.80. The molecule has 3 saturated heterocycles. The monoisotopic (exact) mass is 481 g/mol. The molecule has 0 amide bonds. The minimum atomic E-state index is -0.762. The molecule has 0 spiro atoms. The smallest absolute Gasteiger partial charge is 0.167 e. The number of benzene rings is 1. The van der Waals surface area contributed by atoms with Crippen molar-refractivity contribution in [3.8, 4) is 11.8 Å². The van der Waals surface area contributed by atoms with E-state index in [1.807, 2.05) is 42.7 Å². The highest BCUT2D eigenvalue weighted by Crippen LogP contribution is 2.43. The predicted octanol–water partition coefficient (Wildman–Crippen LogP) is 3.15. The standard InChI is InChI=1S/C24H24ClN5O4/c1-24(2)33-19-17(8-7-14-5-3-4-6-16(14)25)32-23(20(19)34-24)30-13-28-18-21(26-12-27-22(18)30)29-15-9-10-31-11-15/h3-6,12-13,15,17,19-20,23H,9-11H2,1-2H3,(H,26,27,29)/t15?,17-,19-,20+,23-/m1/s1. The van der Waals surface area contributed by atoms with Gasteiger partial charge in [0.05, 0.1) is 24.0 Å². The Kier molecular flexibility index (Phi) is 5.43. The molecule has 34 heavy (non-hydrogen) atoms. The van der Waals surface area contributed by atoms with Crippen LogP contribution >= 0.6 is 11.6 Å². The normalized spacial score (nSPS) is 29.7. The van der Waals surface area contributed by atoms with Gasteiger partial charge in [-0.25, -0.2) is 15.0 Å². The van der Waals surface area contributed by atoms with E-state index in [0.29, 0.717) is 28.6 Å². The van der Waals surface area contributed by atoms with Crippen molar-refractivity contribution >= 4 is 28.6 Å². The molecule has 6 rings (SSSR count). The summed E-state index contributed by atoms with van der Waals surface area (Å²) in [6, 6.07) is 7.66. The second-order valence-corrected chi connectivity index (χ2v) is 9.42. The molecule has 9 nitrogen and oxygen atoms in total. The SMILES string of the molecule is CC1(C)O[C@H]2[C@H](O1)[C@@H](C#Cc1ccccc1Cl)O[C@H]2n1cnc2c(NC3CCOC3)ncnc21. The summed E-state index contributed by atoms with van der Waals surface area (Å²) in [6.45, 7) is 5.17. The van der Waals surface area contributed by atoms with Gasteiger partial charge in [0.25, 0.3) is 0 Å². The number of nitrogens with one attached hydrogen (secondary N) is 1. The molecule has 1 N–H and O–H groups in total. The first kappa shape index (κ1) is 21.8. The summed E-state index contributed by atoms with van der Waals surface area (Å²) in [4.78, 5) is 13.5. The lowest BCUT2D eigenvalue weighted by atomic mass is 10.1. The fraction of sp³-hybridized carbons (Fsp3) is 0.458. The number of anilines is 1. The summed E-state index contributed by atoms with van der Waals surface area (Å²) in [5, 5.41) is 4.01. The first-order chi connectivity index (χ1) is 16.5. The average molecular weight is 482 g/mol. The van der Waals surface area contributed by atoms with Gasteiger partial charge in [-0.3, -0.25) is 4.57 Å². The maximum Gasteiger partial charge on any atom is 0.167 e. The number of fused-ring (bicyclic) bond motifs is 2. The van der Waals surface area contributed by atoms with Crippen LogP contribution in [0.25, 0.3) is 11.2 Å². The van der Waals surface area contributed by atoms with Gasteiger partial charge in [0.2, 0.25) is 0 Å². The van der Waals surface area contributed by atoms with Gasteiger partial charge in [-0.15, -0.1) is 0 Å². The Balaban J connectivity index is 1.33. The Hall–Kier alpha value is -2.74. The summed E-state index contributed by atoms with van der Waals surface area (Å²) >= 11 is 6.28. The molecule has 0 aliphatic carbocycles. The zero-order valence-electron chi connectivity index (χ0n) is 18.8.